The second kappa shape index (κ2) is 1.62. The molecule has 0 amide bonds. The molecule has 0 aliphatic heterocycles. The number of hydrogen-bond acceptors (Lipinski definition) is 0. The Hall–Kier alpha value is -0.260. The molecular weight excluding hydrogens is 108 g/mol. The quantitative estimate of drug-likeness (QED) is 0.433. The van der Waals surface area contributed by atoms with Gasteiger partial charge in [0, 0.05) is 0 Å². The third kappa shape index (κ3) is 0.654. The van der Waals surface area contributed by atoms with Crippen molar-refractivity contribution in [3.05, 3.63) is 12.2 Å². The fourth-order valence-corrected chi connectivity index (χ4v) is 2.64. The van der Waals surface area contributed by atoms with Crippen LogP contribution in [0.1, 0.15) is 26.2 Å². The summed E-state index contributed by atoms with van der Waals surface area (Å²) in [7, 11) is 0. The first-order valence-corrected chi connectivity index (χ1v) is 3.95. The molecular formula is C9H14. The molecule has 0 aromatic rings. The molecule has 2 aliphatic rings. The van der Waals surface area contributed by atoms with Crippen LogP contribution in [0.2, 0.25) is 0 Å². The normalized spacial score (nSPS) is 48.6. The van der Waals surface area contributed by atoms with Crippen LogP contribution in [-0.4, -0.2) is 0 Å². The van der Waals surface area contributed by atoms with E-state index in [-0.39, 0.29) is 0 Å². The number of allylic oxidation sites excluding steroid dienone is 1. The summed E-state index contributed by atoms with van der Waals surface area (Å²) in [5, 5.41) is 0. The Morgan fingerprint density at radius 3 is 2.56 bits per heavy atom. The maximum absolute atomic E-state index is 4.09. The zero-order valence-corrected chi connectivity index (χ0v) is 6.06. The lowest BCUT2D eigenvalue weighted by Gasteiger charge is -2.18. The summed E-state index contributed by atoms with van der Waals surface area (Å²) < 4.78 is 0. The molecule has 0 heterocycles. The van der Waals surface area contributed by atoms with E-state index in [1.54, 1.807) is 5.57 Å². The fourth-order valence-electron chi connectivity index (χ4n) is 2.64. The summed E-state index contributed by atoms with van der Waals surface area (Å²) in [6.45, 7) is 6.46. The van der Waals surface area contributed by atoms with Crippen LogP contribution in [0.15, 0.2) is 12.2 Å². The summed E-state index contributed by atoms with van der Waals surface area (Å²) in [6, 6.07) is 0. The van der Waals surface area contributed by atoms with Crippen molar-refractivity contribution in [1.29, 1.82) is 0 Å². The van der Waals surface area contributed by atoms with E-state index in [9.17, 15) is 0 Å². The molecule has 2 bridgehead atoms. The molecule has 9 heavy (non-hydrogen) atoms. The van der Waals surface area contributed by atoms with Crippen LogP contribution >= 0.6 is 0 Å². The Labute approximate surface area is 57.0 Å². The molecule has 2 fully saturated rings. The molecule has 2 rings (SSSR count). The van der Waals surface area contributed by atoms with Crippen molar-refractivity contribution in [3.8, 4) is 0 Å². The van der Waals surface area contributed by atoms with Gasteiger partial charge in [-0.25, -0.2) is 0 Å². The summed E-state index contributed by atoms with van der Waals surface area (Å²) in [5.41, 5.74) is 1.54. The van der Waals surface area contributed by atoms with Crippen LogP contribution < -0.4 is 0 Å². The minimum atomic E-state index is 0.912. The third-order valence-electron chi connectivity index (χ3n) is 3.05. The van der Waals surface area contributed by atoms with Crippen LogP contribution in [0.4, 0.5) is 0 Å². The van der Waals surface area contributed by atoms with Crippen molar-refractivity contribution in [3.63, 3.8) is 0 Å². The Morgan fingerprint density at radius 2 is 2.22 bits per heavy atom. The van der Waals surface area contributed by atoms with E-state index in [2.05, 4.69) is 13.5 Å². The maximum atomic E-state index is 4.09. The van der Waals surface area contributed by atoms with E-state index < -0.39 is 0 Å². The van der Waals surface area contributed by atoms with Gasteiger partial charge in [0.25, 0.3) is 0 Å². The van der Waals surface area contributed by atoms with Gasteiger partial charge in [0.2, 0.25) is 0 Å². The van der Waals surface area contributed by atoms with E-state index in [1.807, 2.05) is 0 Å². The zero-order chi connectivity index (χ0) is 6.43. The summed E-state index contributed by atoms with van der Waals surface area (Å²) in [4.78, 5) is 0. The van der Waals surface area contributed by atoms with E-state index >= 15 is 0 Å². The zero-order valence-electron chi connectivity index (χ0n) is 6.06. The molecule has 0 spiro atoms. The molecule has 0 aromatic heterocycles. The highest BCUT2D eigenvalue weighted by Crippen LogP contribution is 2.50. The van der Waals surface area contributed by atoms with Crippen molar-refractivity contribution in [2.45, 2.75) is 26.2 Å². The topological polar surface area (TPSA) is 0 Å². The van der Waals surface area contributed by atoms with Crippen LogP contribution in [0.5, 0.6) is 0 Å². The third-order valence-corrected chi connectivity index (χ3v) is 3.05. The molecule has 2 aliphatic carbocycles. The minimum Gasteiger partial charge on any atom is -0.0996 e. The van der Waals surface area contributed by atoms with Crippen molar-refractivity contribution in [2.75, 3.05) is 0 Å². The van der Waals surface area contributed by atoms with Gasteiger partial charge in [0.05, 0.1) is 0 Å². The first kappa shape index (κ1) is 5.52. The molecule has 0 N–H and O–H groups in total. The molecule has 0 aromatic carbocycles. The van der Waals surface area contributed by atoms with E-state index in [4.69, 9.17) is 0 Å². The van der Waals surface area contributed by atoms with Gasteiger partial charge < -0.3 is 0 Å². The molecule has 0 nitrogen and oxygen atoms in total. The molecule has 0 saturated heterocycles. The molecule has 2 saturated carbocycles. The Bertz CT molecular complexity index is 146. The van der Waals surface area contributed by atoms with Crippen LogP contribution in [0, 0.1) is 17.8 Å². The van der Waals surface area contributed by atoms with Crippen LogP contribution in [-0.2, 0) is 0 Å². The highest BCUT2D eigenvalue weighted by atomic mass is 14.4. The smallest absolute Gasteiger partial charge is 0.0177 e. The predicted molar refractivity (Wildman–Crippen MR) is 39.1 cm³/mol. The summed E-state index contributed by atoms with van der Waals surface area (Å²) in [6.07, 6.45) is 4.28. The van der Waals surface area contributed by atoms with Gasteiger partial charge >= 0.3 is 0 Å². The van der Waals surface area contributed by atoms with Crippen molar-refractivity contribution in [2.24, 2.45) is 17.8 Å². The minimum absolute atomic E-state index is 0.912. The van der Waals surface area contributed by atoms with Gasteiger partial charge in [-0.15, -0.1) is 0 Å². The molecule has 3 atom stereocenters. The lowest BCUT2D eigenvalue weighted by atomic mass is 9.87. The maximum Gasteiger partial charge on any atom is -0.0177 e. The predicted octanol–water partition coefficient (Wildman–Crippen LogP) is 2.61. The SMILES string of the molecule is C=C1CC2CC(C)C1C2. The second-order valence-electron chi connectivity index (χ2n) is 3.78. The lowest BCUT2D eigenvalue weighted by molar-refractivity contribution is 0.433. The Kier molecular flexibility index (Phi) is 0.992. The summed E-state index contributed by atoms with van der Waals surface area (Å²) >= 11 is 0. The van der Waals surface area contributed by atoms with Crippen LogP contribution in [0.25, 0.3) is 0 Å². The number of fused-ring (bicyclic) bond motifs is 2. The van der Waals surface area contributed by atoms with E-state index in [0.29, 0.717) is 0 Å². The number of rotatable bonds is 0. The van der Waals surface area contributed by atoms with E-state index in [0.717, 1.165) is 17.8 Å². The van der Waals surface area contributed by atoms with Crippen molar-refractivity contribution >= 4 is 0 Å². The number of hydrogen-bond donors (Lipinski definition) is 0. The van der Waals surface area contributed by atoms with Crippen molar-refractivity contribution < 1.29 is 0 Å². The highest BCUT2D eigenvalue weighted by Gasteiger charge is 2.39. The van der Waals surface area contributed by atoms with Crippen LogP contribution in [0.3, 0.4) is 0 Å². The summed E-state index contributed by atoms with van der Waals surface area (Å²) in [5.74, 6) is 2.89. The molecule has 0 radical (unpaired) electrons. The lowest BCUT2D eigenvalue weighted by Crippen LogP contribution is -2.07. The van der Waals surface area contributed by atoms with Gasteiger partial charge in [-0.2, -0.15) is 0 Å². The standard InChI is InChI=1S/C9H14/c1-6-3-8-4-7(2)9(6)5-8/h7-9H,1,3-5H2,2H3. The first-order chi connectivity index (χ1) is 4.27. The van der Waals surface area contributed by atoms with Gasteiger partial charge in [-0.3, -0.25) is 0 Å². The highest BCUT2D eigenvalue weighted by molar-refractivity contribution is 5.14. The second-order valence-corrected chi connectivity index (χ2v) is 3.78. The largest absolute Gasteiger partial charge is 0.0996 e. The van der Waals surface area contributed by atoms with Gasteiger partial charge in [0.1, 0.15) is 0 Å². The Morgan fingerprint density at radius 1 is 1.44 bits per heavy atom. The molecule has 3 unspecified atom stereocenters. The molecule has 50 valence electrons. The monoisotopic (exact) mass is 122 g/mol. The van der Waals surface area contributed by atoms with Crippen molar-refractivity contribution in [1.82, 2.24) is 0 Å². The average molecular weight is 122 g/mol. The fraction of sp³-hybridized carbons (Fsp3) is 0.778. The van der Waals surface area contributed by atoms with Gasteiger partial charge in [-0.1, -0.05) is 19.1 Å². The van der Waals surface area contributed by atoms with Gasteiger partial charge in [0.15, 0.2) is 0 Å². The first-order valence-electron chi connectivity index (χ1n) is 3.95. The average Bonchev–Trinajstić information content (AvgIpc) is 2.22. The molecule has 0 heteroatoms. The van der Waals surface area contributed by atoms with E-state index in [1.165, 1.54) is 19.3 Å². The Balaban J connectivity index is 2.21. The van der Waals surface area contributed by atoms with Gasteiger partial charge in [-0.05, 0) is 37.0 Å².